The molecular formula is C23H17Cl2NO3S. The second kappa shape index (κ2) is 8.08. The van der Waals surface area contributed by atoms with Crippen LogP contribution in [-0.2, 0) is 13.0 Å². The average Bonchev–Trinajstić information content (AvgIpc) is 3.37. The first kappa shape index (κ1) is 19.6. The molecule has 152 valence electrons. The number of allylic oxidation sites excluding steroid dienone is 1. The highest BCUT2D eigenvalue weighted by Crippen LogP contribution is 2.42. The van der Waals surface area contributed by atoms with E-state index in [9.17, 15) is 4.79 Å². The first-order valence-electron chi connectivity index (χ1n) is 9.51. The maximum absolute atomic E-state index is 12.9. The van der Waals surface area contributed by atoms with Gasteiger partial charge in [-0.15, -0.1) is 11.3 Å². The molecule has 0 bridgehead atoms. The van der Waals surface area contributed by atoms with Crippen molar-refractivity contribution in [2.24, 2.45) is 0 Å². The Bertz CT molecular complexity index is 1160. The Kier molecular flexibility index (Phi) is 5.29. The number of ether oxygens (including phenoxy) is 2. The van der Waals surface area contributed by atoms with E-state index in [1.165, 1.54) is 4.88 Å². The number of fused-ring (bicyclic) bond motifs is 3. The molecule has 0 radical (unpaired) electrons. The van der Waals surface area contributed by atoms with Gasteiger partial charge < -0.3 is 9.47 Å². The molecule has 4 nitrogen and oxygen atoms in total. The number of hydrogen-bond donors (Lipinski definition) is 0. The molecule has 0 spiro atoms. The highest BCUT2D eigenvalue weighted by Gasteiger charge is 2.33. The fourth-order valence-corrected chi connectivity index (χ4v) is 4.79. The van der Waals surface area contributed by atoms with Crippen LogP contribution < -0.4 is 9.47 Å². The van der Waals surface area contributed by atoms with Gasteiger partial charge >= 0.3 is 0 Å². The predicted octanol–water partition coefficient (Wildman–Crippen LogP) is 6.07. The van der Waals surface area contributed by atoms with Gasteiger partial charge in [-0.05, 0) is 53.8 Å². The molecule has 0 amide bonds. The summed E-state index contributed by atoms with van der Waals surface area (Å²) in [7, 11) is 0. The Morgan fingerprint density at radius 2 is 2.07 bits per heavy atom. The molecule has 0 saturated carbocycles. The highest BCUT2D eigenvalue weighted by atomic mass is 35.5. The molecule has 0 aliphatic carbocycles. The Labute approximate surface area is 188 Å². The zero-order valence-electron chi connectivity index (χ0n) is 15.9. The van der Waals surface area contributed by atoms with Crippen LogP contribution in [0.5, 0.6) is 11.5 Å². The zero-order chi connectivity index (χ0) is 20.7. The minimum absolute atomic E-state index is 0.158. The van der Waals surface area contributed by atoms with E-state index in [-0.39, 0.29) is 11.5 Å². The molecule has 0 atom stereocenters. The topological polar surface area (TPSA) is 38.8 Å². The van der Waals surface area contributed by atoms with E-state index in [1.807, 2.05) is 6.07 Å². The molecule has 2 aromatic carbocycles. The number of hydrogen-bond acceptors (Lipinski definition) is 5. The van der Waals surface area contributed by atoms with Crippen molar-refractivity contribution in [1.82, 2.24) is 4.90 Å². The van der Waals surface area contributed by atoms with E-state index < -0.39 is 0 Å². The molecule has 0 saturated heterocycles. The summed E-state index contributed by atoms with van der Waals surface area (Å²) < 4.78 is 12.0. The number of carbonyl (C=O) groups is 1. The van der Waals surface area contributed by atoms with Crippen LogP contribution in [0.15, 0.2) is 53.6 Å². The first-order chi connectivity index (χ1) is 14.6. The average molecular weight is 458 g/mol. The first-order valence-corrected chi connectivity index (χ1v) is 11.1. The van der Waals surface area contributed by atoms with Crippen molar-refractivity contribution in [1.29, 1.82) is 0 Å². The summed E-state index contributed by atoms with van der Waals surface area (Å²) in [5, 5.41) is 3.09. The molecule has 3 aromatic rings. The van der Waals surface area contributed by atoms with Crippen molar-refractivity contribution in [3.8, 4) is 11.5 Å². The van der Waals surface area contributed by atoms with Crippen LogP contribution in [-0.4, -0.2) is 24.0 Å². The smallest absolute Gasteiger partial charge is 0.231 e. The van der Waals surface area contributed by atoms with Crippen LogP contribution in [0, 0.1) is 0 Å². The molecule has 30 heavy (non-hydrogen) atoms. The van der Waals surface area contributed by atoms with Gasteiger partial charge in [-0.1, -0.05) is 35.3 Å². The van der Waals surface area contributed by atoms with Crippen molar-refractivity contribution >= 4 is 46.4 Å². The maximum atomic E-state index is 12.9. The van der Waals surface area contributed by atoms with E-state index in [1.54, 1.807) is 41.7 Å². The number of benzene rings is 2. The van der Waals surface area contributed by atoms with E-state index in [4.69, 9.17) is 32.7 Å². The second-order valence-corrected chi connectivity index (χ2v) is 9.06. The normalized spacial score (nSPS) is 16.9. The number of thiophene rings is 1. The summed E-state index contributed by atoms with van der Waals surface area (Å²) in [6.45, 7) is 2.07. The van der Waals surface area contributed by atoms with E-state index in [0.717, 1.165) is 24.3 Å². The Hall–Kier alpha value is -2.31. The number of carbonyl (C=O) groups excluding carboxylic acids is 1. The van der Waals surface area contributed by atoms with Crippen molar-refractivity contribution in [3.63, 3.8) is 0 Å². The van der Waals surface area contributed by atoms with E-state index in [0.29, 0.717) is 40.2 Å². The standard InChI is InChI=1S/C23H17Cl2NO3S/c24-15-4-3-14(19(25)11-15)10-21-22(27)17-5-6-20-18(23(17)29-21)12-26(13-28-20)8-7-16-2-1-9-30-16/h1-6,9-11H,7-8,12-13H2/b21-10-. The van der Waals surface area contributed by atoms with Gasteiger partial charge in [0, 0.05) is 28.0 Å². The summed E-state index contributed by atoms with van der Waals surface area (Å²) in [4.78, 5) is 16.5. The predicted molar refractivity (Wildman–Crippen MR) is 120 cm³/mol. The summed E-state index contributed by atoms with van der Waals surface area (Å²) in [6.07, 6.45) is 2.62. The molecule has 3 heterocycles. The SMILES string of the molecule is O=C1/C(=C/c2ccc(Cl)cc2Cl)Oc2c1ccc1c2CN(CCc2cccs2)CO1. The van der Waals surface area contributed by atoms with Crippen LogP contribution in [0.3, 0.4) is 0 Å². The molecule has 2 aliphatic rings. The lowest BCUT2D eigenvalue weighted by Gasteiger charge is -2.29. The lowest BCUT2D eigenvalue weighted by Crippen LogP contribution is -2.33. The minimum Gasteiger partial charge on any atom is -0.478 e. The van der Waals surface area contributed by atoms with Gasteiger partial charge in [0.05, 0.1) is 11.1 Å². The quantitative estimate of drug-likeness (QED) is 0.445. The lowest BCUT2D eigenvalue weighted by molar-refractivity contribution is 0.0951. The van der Waals surface area contributed by atoms with Gasteiger partial charge in [-0.3, -0.25) is 9.69 Å². The monoisotopic (exact) mass is 457 g/mol. The number of Topliss-reactive ketones (excluding diaryl/α,β-unsaturated/α-hetero) is 1. The maximum Gasteiger partial charge on any atom is 0.231 e. The molecule has 2 aliphatic heterocycles. The van der Waals surface area contributed by atoms with Crippen LogP contribution in [0.2, 0.25) is 10.0 Å². The van der Waals surface area contributed by atoms with Gasteiger partial charge in [0.1, 0.15) is 18.2 Å². The number of rotatable bonds is 4. The molecular weight excluding hydrogens is 441 g/mol. The Morgan fingerprint density at radius 1 is 1.17 bits per heavy atom. The summed E-state index contributed by atoms with van der Waals surface area (Å²) in [5.41, 5.74) is 2.14. The van der Waals surface area contributed by atoms with Crippen LogP contribution in [0.4, 0.5) is 0 Å². The van der Waals surface area contributed by atoms with Crippen molar-refractivity contribution in [2.45, 2.75) is 13.0 Å². The molecule has 0 unspecified atom stereocenters. The number of nitrogens with zero attached hydrogens (tertiary/aromatic N) is 1. The largest absolute Gasteiger partial charge is 0.478 e. The van der Waals surface area contributed by atoms with Crippen molar-refractivity contribution in [3.05, 3.63) is 85.2 Å². The summed E-state index contributed by atoms with van der Waals surface area (Å²) >= 11 is 14.0. The number of halogens is 2. The molecule has 1 aromatic heterocycles. The van der Waals surface area contributed by atoms with Gasteiger partial charge in [0.15, 0.2) is 5.76 Å². The Balaban J connectivity index is 1.40. The van der Waals surface area contributed by atoms with Crippen LogP contribution in [0.1, 0.15) is 26.4 Å². The fraction of sp³-hybridized carbons (Fsp3) is 0.174. The van der Waals surface area contributed by atoms with Crippen LogP contribution in [0.25, 0.3) is 6.08 Å². The third kappa shape index (κ3) is 3.74. The van der Waals surface area contributed by atoms with Crippen LogP contribution >= 0.6 is 34.5 Å². The fourth-order valence-electron chi connectivity index (χ4n) is 3.63. The van der Waals surface area contributed by atoms with Gasteiger partial charge in [0.25, 0.3) is 0 Å². The van der Waals surface area contributed by atoms with E-state index in [2.05, 4.69) is 22.4 Å². The molecule has 5 rings (SSSR count). The molecule has 7 heteroatoms. The van der Waals surface area contributed by atoms with Gasteiger partial charge in [-0.25, -0.2) is 0 Å². The van der Waals surface area contributed by atoms with Gasteiger partial charge in [0.2, 0.25) is 5.78 Å². The third-order valence-electron chi connectivity index (χ3n) is 5.19. The third-order valence-corrected chi connectivity index (χ3v) is 6.68. The zero-order valence-corrected chi connectivity index (χ0v) is 18.2. The van der Waals surface area contributed by atoms with E-state index >= 15 is 0 Å². The van der Waals surface area contributed by atoms with Crippen molar-refractivity contribution < 1.29 is 14.3 Å². The summed E-state index contributed by atoms with van der Waals surface area (Å²) in [6, 6.07) is 13.0. The highest BCUT2D eigenvalue weighted by molar-refractivity contribution is 7.09. The van der Waals surface area contributed by atoms with Gasteiger partial charge in [-0.2, -0.15) is 0 Å². The lowest BCUT2D eigenvalue weighted by atomic mass is 10.0. The Morgan fingerprint density at radius 3 is 2.87 bits per heavy atom. The second-order valence-electron chi connectivity index (χ2n) is 7.18. The number of ketones is 1. The molecule has 0 N–H and O–H groups in total. The summed E-state index contributed by atoms with van der Waals surface area (Å²) in [5.74, 6) is 1.43. The van der Waals surface area contributed by atoms with Crippen molar-refractivity contribution in [2.75, 3.05) is 13.3 Å². The molecule has 0 fully saturated rings. The minimum atomic E-state index is -0.158.